The lowest BCUT2D eigenvalue weighted by atomic mass is 9.97. The highest BCUT2D eigenvalue weighted by atomic mass is 16.3. The second-order valence-corrected chi connectivity index (χ2v) is 3.45. The van der Waals surface area contributed by atoms with Gasteiger partial charge >= 0.3 is 0 Å². The highest BCUT2D eigenvalue weighted by Gasteiger charge is 2.25. The first-order valence-electron chi connectivity index (χ1n) is 4.45. The molecule has 14 heavy (non-hydrogen) atoms. The first-order chi connectivity index (χ1) is 6.66. The second kappa shape index (κ2) is 3.21. The summed E-state index contributed by atoms with van der Waals surface area (Å²) in [6.45, 7) is 0.553. The van der Waals surface area contributed by atoms with Gasteiger partial charge in [-0.3, -0.25) is 4.79 Å². The number of hydrogen-bond donors (Lipinski definition) is 3. The number of hydrogen-bond acceptors (Lipinski definition) is 3. The zero-order chi connectivity index (χ0) is 10.1. The van der Waals surface area contributed by atoms with E-state index < -0.39 is 0 Å². The fourth-order valence-corrected chi connectivity index (χ4v) is 1.70. The molecule has 4 heteroatoms. The second-order valence-electron chi connectivity index (χ2n) is 3.45. The highest BCUT2D eigenvalue weighted by molar-refractivity contribution is 5.79. The molecule has 0 bridgehead atoms. The van der Waals surface area contributed by atoms with Crippen LogP contribution in [0.2, 0.25) is 0 Å². The van der Waals surface area contributed by atoms with Gasteiger partial charge < -0.3 is 15.5 Å². The summed E-state index contributed by atoms with van der Waals surface area (Å²) < 4.78 is 0. The van der Waals surface area contributed by atoms with E-state index in [9.17, 15) is 9.90 Å². The predicted molar refractivity (Wildman–Crippen MR) is 50.1 cm³/mol. The summed E-state index contributed by atoms with van der Waals surface area (Å²) in [5.74, 6) is 0.0978. The Morgan fingerprint density at radius 1 is 1.36 bits per heavy atom. The largest absolute Gasteiger partial charge is 0.508 e. The van der Waals surface area contributed by atoms with Gasteiger partial charge in [-0.2, -0.15) is 0 Å². The molecule has 0 aliphatic carbocycles. The number of phenols is 2. The van der Waals surface area contributed by atoms with Crippen LogP contribution in [0.25, 0.3) is 0 Å². The number of aromatic hydroxyl groups is 2. The summed E-state index contributed by atoms with van der Waals surface area (Å²) in [7, 11) is 0. The standard InChI is InChI=1S/C10H11NO3/c12-7-1-2-8(9(13)4-7)6-3-10(14)11-5-6/h1-2,4,6,12-13H,3,5H2,(H,11,14). The molecule has 3 N–H and O–H groups in total. The molecule has 1 aromatic rings. The van der Waals surface area contributed by atoms with Crippen LogP contribution in [0.1, 0.15) is 17.9 Å². The molecule has 0 radical (unpaired) electrons. The van der Waals surface area contributed by atoms with Gasteiger partial charge in [0.2, 0.25) is 5.91 Å². The molecule has 1 amide bonds. The molecule has 1 aliphatic heterocycles. The SMILES string of the molecule is O=C1CC(c2ccc(O)cc2O)CN1. The van der Waals surface area contributed by atoms with Crippen LogP contribution in [0, 0.1) is 0 Å². The maximum absolute atomic E-state index is 11.0. The van der Waals surface area contributed by atoms with Crippen molar-refractivity contribution in [2.24, 2.45) is 0 Å². The minimum Gasteiger partial charge on any atom is -0.508 e. The highest BCUT2D eigenvalue weighted by Crippen LogP contribution is 2.32. The van der Waals surface area contributed by atoms with Gasteiger partial charge in [0.05, 0.1) is 0 Å². The number of nitrogens with one attached hydrogen (secondary N) is 1. The van der Waals surface area contributed by atoms with E-state index in [0.717, 1.165) is 0 Å². The topological polar surface area (TPSA) is 69.6 Å². The Kier molecular flexibility index (Phi) is 2.04. The van der Waals surface area contributed by atoms with Crippen LogP contribution >= 0.6 is 0 Å². The van der Waals surface area contributed by atoms with Crippen molar-refractivity contribution in [1.29, 1.82) is 0 Å². The Morgan fingerprint density at radius 3 is 2.71 bits per heavy atom. The molecular weight excluding hydrogens is 182 g/mol. The Bertz CT molecular complexity index is 376. The number of phenolic OH excluding ortho intramolecular Hbond substituents is 2. The van der Waals surface area contributed by atoms with Crippen LogP contribution in [-0.2, 0) is 4.79 Å². The molecule has 0 spiro atoms. The summed E-state index contributed by atoms with van der Waals surface area (Å²) in [6, 6.07) is 4.45. The van der Waals surface area contributed by atoms with E-state index in [4.69, 9.17) is 5.11 Å². The zero-order valence-corrected chi connectivity index (χ0v) is 7.53. The lowest BCUT2D eigenvalue weighted by Crippen LogP contribution is -2.13. The lowest BCUT2D eigenvalue weighted by molar-refractivity contribution is -0.119. The van der Waals surface area contributed by atoms with Crippen molar-refractivity contribution in [2.75, 3.05) is 6.54 Å². The summed E-state index contributed by atoms with van der Waals surface area (Å²) in [6.07, 6.45) is 0.401. The zero-order valence-electron chi connectivity index (χ0n) is 7.53. The number of carbonyl (C=O) groups is 1. The third-order valence-corrected chi connectivity index (χ3v) is 2.43. The maximum atomic E-state index is 11.0. The van der Waals surface area contributed by atoms with Crippen LogP contribution < -0.4 is 5.32 Å². The van der Waals surface area contributed by atoms with Gasteiger partial charge in [0.1, 0.15) is 11.5 Å². The van der Waals surface area contributed by atoms with Gasteiger partial charge in [-0.1, -0.05) is 6.07 Å². The Hall–Kier alpha value is -1.71. The van der Waals surface area contributed by atoms with Gasteiger partial charge in [0.25, 0.3) is 0 Å². The van der Waals surface area contributed by atoms with E-state index in [0.29, 0.717) is 18.5 Å². The fraction of sp³-hybridized carbons (Fsp3) is 0.300. The van der Waals surface area contributed by atoms with Crippen molar-refractivity contribution >= 4 is 5.91 Å². The van der Waals surface area contributed by atoms with E-state index in [-0.39, 0.29) is 23.3 Å². The third kappa shape index (κ3) is 1.51. The lowest BCUT2D eigenvalue weighted by Gasteiger charge is -2.09. The molecule has 2 rings (SSSR count). The van der Waals surface area contributed by atoms with Gasteiger partial charge in [-0.05, 0) is 11.6 Å². The molecule has 0 aromatic heterocycles. The van der Waals surface area contributed by atoms with E-state index in [1.165, 1.54) is 12.1 Å². The first kappa shape index (κ1) is 8.87. The predicted octanol–water partition coefficient (Wildman–Crippen LogP) is 0.701. The van der Waals surface area contributed by atoms with Crippen molar-refractivity contribution in [3.63, 3.8) is 0 Å². The normalized spacial score (nSPS) is 20.9. The molecule has 4 nitrogen and oxygen atoms in total. The van der Waals surface area contributed by atoms with E-state index in [1.807, 2.05) is 0 Å². The maximum Gasteiger partial charge on any atom is 0.220 e. The van der Waals surface area contributed by atoms with E-state index in [2.05, 4.69) is 5.32 Å². The molecule has 1 heterocycles. The van der Waals surface area contributed by atoms with Gasteiger partial charge in [0.15, 0.2) is 0 Å². The average Bonchev–Trinajstić information content (AvgIpc) is 2.51. The average molecular weight is 193 g/mol. The minimum atomic E-state index is 0.00229. The van der Waals surface area contributed by atoms with Crippen molar-refractivity contribution in [1.82, 2.24) is 5.32 Å². The van der Waals surface area contributed by atoms with E-state index in [1.54, 1.807) is 6.07 Å². The Morgan fingerprint density at radius 2 is 2.14 bits per heavy atom. The quantitative estimate of drug-likeness (QED) is 0.615. The first-order valence-corrected chi connectivity index (χ1v) is 4.45. The summed E-state index contributed by atoms with van der Waals surface area (Å²) in [5, 5.41) is 21.3. The number of amides is 1. The number of carbonyl (C=O) groups excluding carboxylic acids is 1. The molecule has 1 fully saturated rings. The fourth-order valence-electron chi connectivity index (χ4n) is 1.70. The molecule has 1 unspecified atom stereocenters. The van der Waals surface area contributed by atoms with Crippen LogP contribution in [0.15, 0.2) is 18.2 Å². The number of benzene rings is 1. The smallest absolute Gasteiger partial charge is 0.220 e. The van der Waals surface area contributed by atoms with Gasteiger partial charge in [0, 0.05) is 24.9 Å². The molecule has 1 aliphatic rings. The van der Waals surface area contributed by atoms with Crippen LogP contribution in [0.4, 0.5) is 0 Å². The summed E-state index contributed by atoms with van der Waals surface area (Å²) in [4.78, 5) is 11.0. The van der Waals surface area contributed by atoms with Gasteiger partial charge in [-0.15, -0.1) is 0 Å². The van der Waals surface area contributed by atoms with Crippen molar-refractivity contribution < 1.29 is 15.0 Å². The molecule has 74 valence electrons. The van der Waals surface area contributed by atoms with Crippen LogP contribution in [0.3, 0.4) is 0 Å². The summed E-state index contributed by atoms with van der Waals surface area (Å²) in [5.41, 5.74) is 0.709. The number of rotatable bonds is 1. The van der Waals surface area contributed by atoms with Crippen molar-refractivity contribution in [3.8, 4) is 11.5 Å². The van der Waals surface area contributed by atoms with Crippen LogP contribution in [0.5, 0.6) is 11.5 Å². The van der Waals surface area contributed by atoms with Crippen molar-refractivity contribution in [2.45, 2.75) is 12.3 Å². The molecule has 1 atom stereocenters. The van der Waals surface area contributed by atoms with E-state index >= 15 is 0 Å². The van der Waals surface area contributed by atoms with Gasteiger partial charge in [-0.25, -0.2) is 0 Å². The summed E-state index contributed by atoms with van der Waals surface area (Å²) >= 11 is 0. The molecular formula is C10H11NO3. The molecule has 1 saturated heterocycles. The van der Waals surface area contributed by atoms with Crippen LogP contribution in [-0.4, -0.2) is 22.7 Å². The molecule has 1 aromatic carbocycles. The minimum absolute atomic E-state index is 0.00229. The monoisotopic (exact) mass is 193 g/mol. The Balaban J connectivity index is 2.28. The molecule has 0 saturated carbocycles. The van der Waals surface area contributed by atoms with Crippen molar-refractivity contribution in [3.05, 3.63) is 23.8 Å². The Labute approximate surface area is 81.2 Å². The third-order valence-electron chi connectivity index (χ3n) is 2.43.